The van der Waals surface area contributed by atoms with Crippen LogP contribution in [0.15, 0.2) is 79.4 Å². The maximum absolute atomic E-state index is 13.2. The first-order valence-corrected chi connectivity index (χ1v) is 10.3. The normalized spacial score (nSPS) is 10.3. The molecule has 2 aromatic heterocycles. The van der Waals surface area contributed by atoms with E-state index in [0.717, 1.165) is 29.5 Å². The standard InChI is InChI=1S/C26H21FN4O/c27-24-8-4-19(5-9-24)3-6-22-16-23(7-10-25(22)21-11-14-28-15-12-21)26(32)29-13-1-2-20-17-30-31-18-20/h4-5,7-12,14-18H,1-2,13H2,(H,29,32)(H,30,31). The second-order valence-corrected chi connectivity index (χ2v) is 7.22. The molecule has 0 aliphatic rings. The summed E-state index contributed by atoms with van der Waals surface area (Å²) in [6.07, 6.45) is 8.72. The van der Waals surface area contributed by atoms with E-state index < -0.39 is 0 Å². The molecule has 0 spiro atoms. The van der Waals surface area contributed by atoms with E-state index in [2.05, 4.69) is 32.3 Å². The van der Waals surface area contributed by atoms with Crippen molar-refractivity contribution in [2.24, 2.45) is 0 Å². The number of hydrogen-bond acceptors (Lipinski definition) is 3. The highest BCUT2D eigenvalue weighted by molar-refractivity contribution is 5.95. The number of aryl methyl sites for hydroxylation is 1. The summed E-state index contributed by atoms with van der Waals surface area (Å²) in [5.74, 6) is 5.75. The summed E-state index contributed by atoms with van der Waals surface area (Å²) >= 11 is 0. The SMILES string of the molecule is O=C(NCCCc1cn[nH]c1)c1ccc(-c2ccncc2)c(C#Cc2ccc(F)cc2)c1. The number of amides is 1. The Kier molecular flexibility index (Phi) is 6.69. The first-order chi connectivity index (χ1) is 15.7. The van der Waals surface area contributed by atoms with Crippen molar-refractivity contribution in [3.05, 3.63) is 107 Å². The zero-order chi connectivity index (χ0) is 22.2. The van der Waals surface area contributed by atoms with Crippen LogP contribution in [0.5, 0.6) is 0 Å². The Morgan fingerprint density at radius 1 is 1.03 bits per heavy atom. The minimum Gasteiger partial charge on any atom is -0.352 e. The lowest BCUT2D eigenvalue weighted by Crippen LogP contribution is -2.24. The van der Waals surface area contributed by atoms with Gasteiger partial charge in [0.1, 0.15) is 5.82 Å². The number of carbonyl (C=O) groups is 1. The van der Waals surface area contributed by atoms with Crippen molar-refractivity contribution >= 4 is 5.91 Å². The van der Waals surface area contributed by atoms with Crippen molar-refractivity contribution in [2.75, 3.05) is 6.54 Å². The molecule has 4 rings (SSSR count). The quantitative estimate of drug-likeness (QED) is 0.357. The maximum atomic E-state index is 13.2. The van der Waals surface area contributed by atoms with Crippen LogP contribution in [0.4, 0.5) is 4.39 Å². The molecule has 0 aliphatic heterocycles. The fourth-order valence-electron chi connectivity index (χ4n) is 3.26. The highest BCUT2D eigenvalue weighted by Gasteiger charge is 2.10. The summed E-state index contributed by atoms with van der Waals surface area (Å²) in [5.41, 5.74) is 4.91. The van der Waals surface area contributed by atoms with Gasteiger partial charge in [-0.3, -0.25) is 14.9 Å². The molecule has 2 heterocycles. The number of H-pyrrole nitrogens is 1. The van der Waals surface area contributed by atoms with E-state index in [1.807, 2.05) is 24.4 Å². The first-order valence-electron chi connectivity index (χ1n) is 10.3. The Bertz CT molecular complexity index is 1240. The van der Waals surface area contributed by atoms with Gasteiger partial charge in [-0.15, -0.1) is 0 Å². The van der Waals surface area contributed by atoms with Crippen LogP contribution >= 0.6 is 0 Å². The monoisotopic (exact) mass is 424 g/mol. The van der Waals surface area contributed by atoms with Crippen LogP contribution in [-0.2, 0) is 6.42 Å². The number of rotatable bonds is 6. The van der Waals surface area contributed by atoms with Crippen LogP contribution in [0.25, 0.3) is 11.1 Å². The second kappa shape index (κ2) is 10.2. The number of nitrogens with one attached hydrogen (secondary N) is 2. The van der Waals surface area contributed by atoms with Gasteiger partial charge < -0.3 is 5.32 Å². The largest absolute Gasteiger partial charge is 0.352 e. The third kappa shape index (κ3) is 5.46. The maximum Gasteiger partial charge on any atom is 0.251 e. The molecule has 0 fully saturated rings. The molecule has 0 atom stereocenters. The predicted octanol–water partition coefficient (Wildman–Crippen LogP) is 4.37. The molecule has 158 valence electrons. The Balaban J connectivity index is 1.54. The summed E-state index contributed by atoms with van der Waals surface area (Å²) in [7, 11) is 0. The van der Waals surface area contributed by atoms with Gasteiger partial charge >= 0.3 is 0 Å². The minimum atomic E-state index is -0.306. The summed E-state index contributed by atoms with van der Waals surface area (Å²) in [5, 5.41) is 9.66. The molecule has 0 unspecified atom stereocenters. The van der Waals surface area contributed by atoms with Crippen molar-refractivity contribution < 1.29 is 9.18 Å². The number of nitrogens with zero attached hydrogens (tertiary/aromatic N) is 2. The molecule has 5 nitrogen and oxygen atoms in total. The van der Waals surface area contributed by atoms with E-state index in [0.29, 0.717) is 23.2 Å². The van der Waals surface area contributed by atoms with E-state index in [1.54, 1.807) is 42.9 Å². The van der Waals surface area contributed by atoms with Crippen molar-refractivity contribution in [2.45, 2.75) is 12.8 Å². The number of pyridine rings is 1. The van der Waals surface area contributed by atoms with Crippen LogP contribution in [-0.4, -0.2) is 27.6 Å². The smallest absolute Gasteiger partial charge is 0.251 e. The molecule has 0 radical (unpaired) electrons. The third-order valence-corrected chi connectivity index (χ3v) is 4.94. The highest BCUT2D eigenvalue weighted by atomic mass is 19.1. The molecular weight excluding hydrogens is 403 g/mol. The van der Waals surface area contributed by atoms with Crippen LogP contribution in [0.3, 0.4) is 0 Å². The fraction of sp³-hybridized carbons (Fsp3) is 0.115. The zero-order valence-electron chi connectivity index (χ0n) is 17.3. The summed E-state index contributed by atoms with van der Waals surface area (Å²) in [6.45, 7) is 0.562. The number of halogens is 1. The molecule has 0 bridgehead atoms. The van der Waals surface area contributed by atoms with Gasteiger partial charge in [0, 0.05) is 41.8 Å². The Labute approximate surface area is 185 Å². The summed E-state index contributed by atoms with van der Waals surface area (Å²) in [4.78, 5) is 16.8. The van der Waals surface area contributed by atoms with E-state index in [4.69, 9.17) is 0 Å². The van der Waals surface area contributed by atoms with Gasteiger partial charge in [-0.2, -0.15) is 5.10 Å². The van der Waals surface area contributed by atoms with Crippen LogP contribution in [0.1, 0.15) is 33.5 Å². The van der Waals surface area contributed by atoms with Crippen molar-refractivity contribution in [1.29, 1.82) is 0 Å². The van der Waals surface area contributed by atoms with Crippen LogP contribution in [0, 0.1) is 17.7 Å². The van der Waals surface area contributed by atoms with Gasteiger partial charge in [0.25, 0.3) is 5.91 Å². The van der Waals surface area contributed by atoms with Crippen LogP contribution < -0.4 is 5.32 Å². The molecular formula is C26H21FN4O. The van der Waals surface area contributed by atoms with Crippen molar-refractivity contribution in [1.82, 2.24) is 20.5 Å². The van der Waals surface area contributed by atoms with E-state index >= 15 is 0 Å². The second-order valence-electron chi connectivity index (χ2n) is 7.22. The number of hydrogen-bond donors (Lipinski definition) is 2. The number of carbonyl (C=O) groups excluding carboxylic acids is 1. The highest BCUT2D eigenvalue weighted by Crippen LogP contribution is 2.24. The minimum absolute atomic E-state index is 0.150. The fourth-order valence-corrected chi connectivity index (χ4v) is 3.26. The van der Waals surface area contributed by atoms with E-state index in [9.17, 15) is 9.18 Å². The predicted molar refractivity (Wildman–Crippen MR) is 121 cm³/mol. The average Bonchev–Trinajstić information content (AvgIpc) is 3.35. The van der Waals surface area contributed by atoms with Crippen LogP contribution in [0.2, 0.25) is 0 Å². The zero-order valence-corrected chi connectivity index (χ0v) is 17.3. The van der Waals surface area contributed by atoms with Gasteiger partial charge in [0.05, 0.1) is 6.20 Å². The lowest BCUT2D eigenvalue weighted by Gasteiger charge is -2.09. The Hall–Kier alpha value is -4.24. The molecule has 0 saturated heterocycles. The van der Waals surface area contributed by atoms with Gasteiger partial charge in [-0.25, -0.2) is 4.39 Å². The average molecular weight is 424 g/mol. The Morgan fingerprint density at radius 3 is 2.59 bits per heavy atom. The molecule has 0 saturated carbocycles. The van der Waals surface area contributed by atoms with Crippen molar-refractivity contribution in [3.8, 4) is 23.0 Å². The third-order valence-electron chi connectivity index (χ3n) is 4.94. The van der Waals surface area contributed by atoms with Gasteiger partial charge in [0.15, 0.2) is 0 Å². The number of aromatic amines is 1. The number of benzene rings is 2. The van der Waals surface area contributed by atoms with Gasteiger partial charge in [-0.05, 0) is 78.1 Å². The van der Waals surface area contributed by atoms with Gasteiger partial charge in [0.2, 0.25) is 0 Å². The molecule has 2 aromatic carbocycles. The van der Waals surface area contributed by atoms with E-state index in [-0.39, 0.29) is 11.7 Å². The lowest BCUT2D eigenvalue weighted by atomic mass is 9.98. The lowest BCUT2D eigenvalue weighted by molar-refractivity contribution is 0.0953. The number of aromatic nitrogens is 3. The molecule has 2 N–H and O–H groups in total. The Morgan fingerprint density at radius 2 is 1.84 bits per heavy atom. The van der Waals surface area contributed by atoms with Crippen molar-refractivity contribution in [3.63, 3.8) is 0 Å². The molecule has 0 aliphatic carbocycles. The molecule has 32 heavy (non-hydrogen) atoms. The molecule has 6 heteroatoms. The first kappa shape index (κ1) is 21.0. The van der Waals surface area contributed by atoms with Gasteiger partial charge in [-0.1, -0.05) is 17.9 Å². The summed E-state index contributed by atoms with van der Waals surface area (Å²) in [6, 6.07) is 15.3. The molecule has 4 aromatic rings. The molecule has 1 amide bonds. The summed E-state index contributed by atoms with van der Waals surface area (Å²) < 4.78 is 13.2. The topological polar surface area (TPSA) is 70.7 Å². The van der Waals surface area contributed by atoms with E-state index in [1.165, 1.54) is 12.1 Å².